The van der Waals surface area contributed by atoms with Crippen LogP contribution in [0.3, 0.4) is 0 Å². The van der Waals surface area contributed by atoms with Crippen LogP contribution in [0.1, 0.15) is 51.0 Å². The third kappa shape index (κ3) is 3.52. The summed E-state index contributed by atoms with van der Waals surface area (Å²) >= 11 is 0. The van der Waals surface area contributed by atoms with Gasteiger partial charge in [0, 0.05) is 24.3 Å². The summed E-state index contributed by atoms with van der Waals surface area (Å²) in [4.78, 5) is 3.38. The first-order chi connectivity index (χ1) is 9.36. The van der Waals surface area contributed by atoms with E-state index in [2.05, 4.69) is 35.4 Å². The molecule has 0 aliphatic carbocycles. The highest BCUT2D eigenvalue weighted by atomic mass is 14.8. The Balaban J connectivity index is 1.92. The Kier molecular flexibility index (Phi) is 5.31. The number of aryl methyl sites for hydroxylation is 1. The average Bonchev–Trinajstić information content (AvgIpc) is 2.92. The van der Waals surface area contributed by atoms with Crippen LogP contribution in [0, 0.1) is 0 Å². The molecule has 104 valence electrons. The van der Waals surface area contributed by atoms with Gasteiger partial charge in [-0.25, -0.2) is 0 Å². The van der Waals surface area contributed by atoms with Crippen LogP contribution in [0.15, 0.2) is 24.4 Å². The second kappa shape index (κ2) is 7.22. The van der Waals surface area contributed by atoms with Crippen molar-refractivity contribution in [1.82, 2.24) is 4.98 Å². The quantitative estimate of drug-likeness (QED) is 0.632. The van der Waals surface area contributed by atoms with Crippen LogP contribution in [-0.2, 0) is 6.42 Å². The minimum Gasteiger partial charge on any atom is -0.388 e. The van der Waals surface area contributed by atoms with Crippen LogP contribution in [0.5, 0.6) is 0 Å². The number of fused-ring (bicyclic) bond motifs is 1. The highest BCUT2D eigenvalue weighted by Crippen LogP contribution is 2.26. The van der Waals surface area contributed by atoms with E-state index in [1.54, 1.807) is 0 Å². The molecule has 2 heteroatoms. The molecule has 2 rings (SSSR count). The van der Waals surface area contributed by atoms with E-state index in [-0.39, 0.29) is 0 Å². The summed E-state index contributed by atoms with van der Waals surface area (Å²) in [7, 11) is 1.98. The molecule has 0 aliphatic heterocycles. The maximum atomic E-state index is 3.38. The molecule has 19 heavy (non-hydrogen) atoms. The number of aromatic nitrogens is 1. The summed E-state index contributed by atoms with van der Waals surface area (Å²) < 4.78 is 0. The van der Waals surface area contributed by atoms with E-state index >= 15 is 0 Å². The zero-order valence-electron chi connectivity index (χ0n) is 12.3. The van der Waals surface area contributed by atoms with Crippen molar-refractivity contribution in [3.05, 3.63) is 30.0 Å². The maximum Gasteiger partial charge on any atom is 0.0507 e. The zero-order valence-corrected chi connectivity index (χ0v) is 12.3. The smallest absolute Gasteiger partial charge is 0.0507 e. The standard InChI is InChI=1S/C17H26N2/c1-3-4-5-6-7-8-9-14-10-11-16(18-2)15-12-13-19-17(14)15/h10-13,18-19H,3-9H2,1-2H3. The van der Waals surface area contributed by atoms with Crippen LogP contribution in [0.2, 0.25) is 0 Å². The van der Waals surface area contributed by atoms with Crippen LogP contribution in [0.25, 0.3) is 10.9 Å². The van der Waals surface area contributed by atoms with Gasteiger partial charge in [-0.1, -0.05) is 45.1 Å². The number of anilines is 1. The van der Waals surface area contributed by atoms with Crippen LogP contribution >= 0.6 is 0 Å². The highest BCUT2D eigenvalue weighted by Gasteiger charge is 2.05. The Hall–Kier alpha value is -1.44. The molecule has 1 heterocycles. The number of nitrogens with one attached hydrogen (secondary N) is 2. The lowest BCUT2D eigenvalue weighted by atomic mass is 10.0. The predicted octanol–water partition coefficient (Wildman–Crippen LogP) is 5.11. The van der Waals surface area contributed by atoms with Gasteiger partial charge in [-0.15, -0.1) is 0 Å². The second-order valence-electron chi connectivity index (χ2n) is 5.31. The van der Waals surface area contributed by atoms with Crippen LogP contribution in [0.4, 0.5) is 5.69 Å². The third-order valence-electron chi connectivity index (χ3n) is 3.88. The molecule has 2 aromatic rings. The lowest BCUT2D eigenvalue weighted by Gasteiger charge is -2.07. The normalized spacial score (nSPS) is 11.1. The van der Waals surface area contributed by atoms with Gasteiger partial charge in [0.05, 0.1) is 5.52 Å². The van der Waals surface area contributed by atoms with Crippen molar-refractivity contribution in [3.8, 4) is 0 Å². The minimum atomic E-state index is 1.19. The Morgan fingerprint density at radius 2 is 1.79 bits per heavy atom. The average molecular weight is 258 g/mol. The maximum absolute atomic E-state index is 3.38. The fraction of sp³-hybridized carbons (Fsp3) is 0.529. The molecule has 2 N–H and O–H groups in total. The number of hydrogen-bond donors (Lipinski definition) is 2. The van der Waals surface area contributed by atoms with E-state index in [0.717, 1.165) is 0 Å². The molecule has 0 unspecified atom stereocenters. The van der Waals surface area contributed by atoms with Crippen LogP contribution < -0.4 is 5.32 Å². The summed E-state index contributed by atoms with van der Waals surface area (Å²) in [5.41, 5.74) is 3.97. The molecular weight excluding hydrogens is 232 g/mol. The molecule has 0 amide bonds. The SMILES string of the molecule is CCCCCCCCc1ccc(NC)c2cc[nH]c12. The van der Waals surface area contributed by atoms with E-state index < -0.39 is 0 Å². The molecule has 0 radical (unpaired) electrons. The van der Waals surface area contributed by atoms with E-state index in [1.807, 2.05) is 13.2 Å². The Morgan fingerprint density at radius 1 is 1.00 bits per heavy atom. The largest absolute Gasteiger partial charge is 0.388 e. The predicted molar refractivity (Wildman–Crippen MR) is 84.9 cm³/mol. The fourth-order valence-electron chi connectivity index (χ4n) is 2.74. The summed E-state index contributed by atoms with van der Waals surface area (Å²) in [5.74, 6) is 0. The number of aromatic amines is 1. The van der Waals surface area contributed by atoms with Crippen molar-refractivity contribution in [2.75, 3.05) is 12.4 Å². The fourth-order valence-corrected chi connectivity index (χ4v) is 2.74. The topological polar surface area (TPSA) is 27.8 Å². The first-order valence-electron chi connectivity index (χ1n) is 7.63. The van der Waals surface area contributed by atoms with Gasteiger partial charge in [-0.05, 0) is 30.5 Å². The van der Waals surface area contributed by atoms with Crippen molar-refractivity contribution in [1.29, 1.82) is 0 Å². The zero-order chi connectivity index (χ0) is 13.5. The van der Waals surface area contributed by atoms with E-state index in [9.17, 15) is 0 Å². The molecule has 0 saturated carbocycles. The minimum absolute atomic E-state index is 1.19. The van der Waals surface area contributed by atoms with Crippen molar-refractivity contribution < 1.29 is 0 Å². The molecule has 0 atom stereocenters. The molecule has 0 spiro atoms. The Morgan fingerprint density at radius 3 is 2.58 bits per heavy atom. The lowest BCUT2D eigenvalue weighted by molar-refractivity contribution is 0.608. The molecule has 0 saturated heterocycles. The third-order valence-corrected chi connectivity index (χ3v) is 3.88. The summed E-state index contributed by atoms with van der Waals surface area (Å²) in [6.07, 6.45) is 11.4. The monoisotopic (exact) mass is 258 g/mol. The van der Waals surface area contributed by atoms with Crippen molar-refractivity contribution in [2.45, 2.75) is 51.9 Å². The molecule has 0 fully saturated rings. The first kappa shape index (κ1) is 14.0. The molecule has 1 aromatic carbocycles. The molecule has 0 aliphatic rings. The Bertz CT molecular complexity index is 499. The first-order valence-corrected chi connectivity index (χ1v) is 7.63. The second-order valence-corrected chi connectivity index (χ2v) is 5.31. The Labute approximate surface area is 116 Å². The van der Waals surface area contributed by atoms with Crippen molar-refractivity contribution in [3.63, 3.8) is 0 Å². The van der Waals surface area contributed by atoms with Crippen molar-refractivity contribution >= 4 is 16.6 Å². The molecule has 2 nitrogen and oxygen atoms in total. The van der Waals surface area contributed by atoms with Gasteiger partial charge in [-0.2, -0.15) is 0 Å². The summed E-state index contributed by atoms with van der Waals surface area (Å²) in [5, 5.41) is 4.56. The van der Waals surface area contributed by atoms with Crippen LogP contribution in [-0.4, -0.2) is 12.0 Å². The molecule has 0 bridgehead atoms. The number of H-pyrrole nitrogens is 1. The summed E-state index contributed by atoms with van der Waals surface area (Å²) in [6.45, 7) is 2.27. The number of unbranched alkanes of at least 4 members (excludes halogenated alkanes) is 5. The van der Waals surface area contributed by atoms with E-state index in [4.69, 9.17) is 0 Å². The van der Waals surface area contributed by atoms with E-state index in [0.29, 0.717) is 0 Å². The van der Waals surface area contributed by atoms with E-state index in [1.165, 1.54) is 67.1 Å². The van der Waals surface area contributed by atoms with Gasteiger partial charge < -0.3 is 10.3 Å². The van der Waals surface area contributed by atoms with Gasteiger partial charge in [0.1, 0.15) is 0 Å². The van der Waals surface area contributed by atoms with Gasteiger partial charge in [-0.3, -0.25) is 0 Å². The van der Waals surface area contributed by atoms with Gasteiger partial charge >= 0.3 is 0 Å². The number of hydrogen-bond acceptors (Lipinski definition) is 1. The number of benzene rings is 1. The van der Waals surface area contributed by atoms with Gasteiger partial charge in [0.15, 0.2) is 0 Å². The molecule has 1 aromatic heterocycles. The molecular formula is C17H26N2. The van der Waals surface area contributed by atoms with Crippen molar-refractivity contribution in [2.24, 2.45) is 0 Å². The van der Waals surface area contributed by atoms with Gasteiger partial charge in [0.2, 0.25) is 0 Å². The summed E-state index contributed by atoms with van der Waals surface area (Å²) in [6, 6.07) is 6.62. The highest BCUT2D eigenvalue weighted by molar-refractivity contribution is 5.94. The lowest BCUT2D eigenvalue weighted by Crippen LogP contribution is -1.93. The number of rotatable bonds is 8. The van der Waals surface area contributed by atoms with Gasteiger partial charge in [0.25, 0.3) is 0 Å².